The fraction of sp³-hybridized carbons (Fsp3) is 0.435. The molecule has 0 spiro atoms. The molecule has 178 valence electrons. The molecule has 1 amide bonds. The van der Waals surface area contributed by atoms with Gasteiger partial charge in [-0.2, -0.15) is 4.31 Å². The molecule has 0 aliphatic carbocycles. The van der Waals surface area contributed by atoms with E-state index in [0.717, 1.165) is 17.1 Å². The van der Waals surface area contributed by atoms with Crippen LogP contribution in [0.1, 0.15) is 11.1 Å². The van der Waals surface area contributed by atoms with E-state index < -0.39 is 10.0 Å². The number of nitrogens with one attached hydrogen (secondary N) is 1. The third kappa shape index (κ3) is 5.58. The van der Waals surface area contributed by atoms with Crippen LogP contribution in [0.5, 0.6) is 17.2 Å². The molecule has 0 radical (unpaired) electrons. The normalized spacial score (nSPS) is 16.3. The standard InChI is InChI=1S/C23H28N2O7S/c1-29-20-5-3-18(15-22(20)33(27,28)25-8-10-30-11-9-25)16-23(26)24-7-6-17-2-4-19-21(14-17)32-13-12-31-19/h2-5,14-15H,6-13,16H2,1H3,(H,24,26). The maximum Gasteiger partial charge on any atom is 0.246 e. The molecule has 10 heteroatoms. The molecule has 9 nitrogen and oxygen atoms in total. The molecule has 1 fully saturated rings. The summed E-state index contributed by atoms with van der Waals surface area (Å²) in [6.45, 7) is 2.81. The van der Waals surface area contributed by atoms with Gasteiger partial charge in [-0.3, -0.25) is 4.79 Å². The van der Waals surface area contributed by atoms with Gasteiger partial charge in [-0.15, -0.1) is 0 Å². The van der Waals surface area contributed by atoms with Gasteiger partial charge in [0.15, 0.2) is 11.5 Å². The third-order valence-corrected chi connectivity index (χ3v) is 7.44. The summed E-state index contributed by atoms with van der Waals surface area (Å²) in [4.78, 5) is 12.6. The Kier molecular flexibility index (Phi) is 7.36. The van der Waals surface area contributed by atoms with E-state index in [2.05, 4.69) is 5.32 Å². The van der Waals surface area contributed by atoms with Gasteiger partial charge in [0.05, 0.1) is 26.7 Å². The number of hydrogen-bond acceptors (Lipinski definition) is 7. The Labute approximate surface area is 193 Å². The quantitative estimate of drug-likeness (QED) is 0.614. The predicted molar refractivity (Wildman–Crippen MR) is 120 cm³/mol. The molecule has 0 aromatic heterocycles. The second-order valence-corrected chi connectivity index (χ2v) is 9.66. The van der Waals surface area contributed by atoms with Crippen molar-refractivity contribution in [3.63, 3.8) is 0 Å². The first kappa shape index (κ1) is 23.3. The van der Waals surface area contributed by atoms with E-state index in [1.54, 1.807) is 12.1 Å². The Morgan fingerprint density at radius 2 is 1.73 bits per heavy atom. The number of sulfonamides is 1. The van der Waals surface area contributed by atoms with Gasteiger partial charge in [0.25, 0.3) is 0 Å². The van der Waals surface area contributed by atoms with Gasteiger partial charge in [0, 0.05) is 19.6 Å². The van der Waals surface area contributed by atoms with Gasteiger partial charge in [0.2, 0.25) is 15.9 Å². The van der Waals surface area contributed by atoms with Crippen molar-refractivity contribution in [3.8, 4) is 17.2 Å². The summed E-state index contributed by atoms with van der Waals surface area (Å²) in [5.41, 5.74) is 1.63. The second-order valence-electron chi connectivity index (χ2n) is 7.76. The van der Waals surface area contributed by atoms with Crippen LogP contribution in [0.2, 0.25) is 0 Å². The first-order chi connectivity index (χ1) is 16.0. The van der Waals surface area contributed by atoms with Gasteiger partial charge >= 0.3 is 0 Å². The van der Waals surface area contributed by atoms with Crippen molar-refractivity contribution in [2.75, 3.05) is 53.2 Å². The van der Waals surface area contributed by atoms with E-state index in [1.165, 1.54) is 17.5 Å². The van der Waals surface area contributed by atoms with Gasteiger partial charge in [-0.05, 0) is 41.8 Å². The number of nitrogens with zero attached hydrogens (tertiary/aromatic N) is 1. The zero-order chi connectivity index (χ0) is 23.3. The van der Waals surface area contributed by atoms with Crippen LogP contribution in [0.15, 0.2) is 41.3 Å². The molecule has 2 aromatic carbocycles. The summed E-state index contributed by atoms with van der Waals surface area (Å²) in [6.07, 6.45) is 0.707. The fourth-order valence-electron chi connectivity index (χ4n) is 3.80. The number of rotatable bonds is 8. The molecule has 1 saturated heterocycles. The van der Waals surface area contributed by atoms with E-state index in [0.29, 0.717) is 45.0 Å². The van der Waals surface area contributed by atoms with Crippen LogP contribution in [-0.2, 0) is 32.4 Å². The van der Waals surface area contributed by atoms with Crippen molar-refractivity contribution < 1.29 is 32.2 Å². The highest BCUT2D eigenvalue weighted by Crippen LogP contribution is 2.31. The smallest absolute Gasteiger partial charge is 0.246 e. The first-order valence-electron chi connectivity index (χ1n) is 10.9. The number of amides is 1. The monoisotopic (exact) mass is 476 g/mol. The lowest BCUT2D eigenvalue weighted by molar-refractivity contribution is -0.120. The van der Waals surface area contributed by atoms with Gasteiger partial charge in [-0.25, -0.2) is 8.42 Å². The minimum absolute atomic E-state index is 0.0634. The molecule has 0 saturated carbocycles. The van der Waals surface area contributed by atoms with Crippen LogP contribution < -0.4 is 19.5 Å². The SMILES string of the molecule is COc1ccc(CC(=O)NCCc2ccc3c(c2)OCCO3)cc1S(=O)(=O)N1CCOCC1. The van der Waals surface area contributed by atoms with E-state index in [1.807, 2.05) is 18.2 Å². The van der Waals surface area contributed by atoms with Crippen molar-refractivity contribution in [3.05, 3.63) is 47.5 Å². The van der Waals surface area contributed by atoms with E-state index in [4.69, 9.17) is 18.9 Å². The van der Waals surface area contributed by atoms with Crippen molar-refractivity contribution >= 4 is 15.9 Å². The lowest BCUT2D eigenvalue weighted by atomic mass is 10.1. The highest BCUT2D eigenvalue weighted by atomic mass is 32.2. The predicted octanol–water partition coefficient (Wildman–Crippen LogP) is 1.39. The summed E-state index contributed by atoms with van der Waals surface area (Å²) < 4.78 is 49.2. The average Bonchev–Trinajstić information content (AvgIpc) is 2.84. The number of hydrogen-bond donors (Lipinski definition) is 1. The van der Waals surface area contributed by atoms with Crippen LogP contribution >= 0.6 is 0 Å². The van der Waals surface area contributed by atoms with E-state index in [9.17, 15) is 13.2 Å². The summed E-state index contributed by atoms with van der Waals surface area (Å²) in [5.74, 6) is 1.52. The largest absolute Gasteiger partial charge is 0.495 e. The molecule has 33 heavy (non-hydrogen) atoms. The zero-order valence-corrected chi connectivity index (χ0v) is 19.4. The molecular weight excluding hydrogens is 448 g/mol. The highest BCUT2D eigenvalue weighted by Gasteiger charge is 2.29. The minimum atomic E-state index is -3.75. The maximum atomic E-state index is 13.1. The second kappa shape index (κ2) is 10.4. The maximum absolute atomic E-state index is 13.1. The number of carbonyl (C=O) groups excluding carboxylic acids is 1. The molecule has 0 bridgehead atoms. The molecule has 2 aromatic rings. The molecule has 2 aliphatic rings. The molecule has 2 aliphatic heterocycles. The number of carbonyl (C=O) groups is 1. The summed E-state index contributed by atoms with van der Waals surface area (Å²) in [6, 6.07) is 10.6. The van der Waals surface area contributed by atoms with Crippen LogP contribution in [0.4, 0.5) is 0 Å². The topological polar surface area (TPSA) is 103 Å². The van der Waals surface area contributed by atoms with E-state index >= 15 is 0 Å². The molecular formula is C23H28N2O7S. The number of benzene rings is 2. The van der Waals surface area contributed by atoms with Gasteiger partial charge < -0.3 is 24.3 Å². The Morgan fingerprint density at radius 1 is 1.00 bits per heavy atom. The van der Waals surface area contributed by atoms with Crippen molar-refractivity contribution in [1.29, 1.82) is 0 Å². The third-order valence-electron chi connectivity index (χ3n) is 5.52. The molecule has 0 atom stereocenters. The van der Waals surface area contributed by atoms with Crippen molar-refractivity contribution in [2.24, 2.45) is 0 Å². The van der Waals surface area contributed by atoms with Crippen LogP contribution in [-0.4, -0.2) is 71.8 Å². The van der Waals surface area contributed by atoms with Crippen molar-refractivity contribution in [1.82, 2.24) is 9.62 Å². The van der Waals surface area contributed by atoms with Gasteiger partial charge in [0.1, 0.15) is 23.9 Å². The molecule has 2 heterocycles. The summed E-state index contributed by atoms with van der Waals surface area (Å²) >= 11 is 0. The Bertz CT molecular complexity index is 1100. The van der Waals surface area contributed by atoms with Crippen molar-refractivity contribution in [2.45, 2.75) is 17.7 Å². The van der Waals surface area contributed by atoms with Crippen LogP contribution in [0.25, 0.3) is 0 Å². The zero-order valence-electron chi connectivity index (χ0n) is 18.5. The number of fused-ring (bicyclic) bond motifs is 1. The lowest BCUT2D eigenvalue weighted by Gasteiger charge is -2.26. The lowest BCUT2D eigenvalue weighted by Crippen LogP contribution is -2.40. The summed E-state index contributed by atoms with van der Waals surface area (Å²) in [7, 11) is -2.32. The van der Waals surface area contributed by atoms with Gasteiger partial charge in [-0.1, -0.05) is 12.1 Å². The number of methoxy groups -OCH3 is 1. The average molecular weight is 477 g/mol. The minimum Gasteiger partial charge on any atom is -0.495 e. The fourth-order valence-corrected chi connectivity index (χ4v) is 5.41. The summed E-state index contributed by atoms with van der Waals surface area (Å²) in [5, 5.41) is 2.89. The number of morpholine rings is 1. The molecule has 4 rings (SSSR count). The first-order valence-corrected chi connectivity index (χ1v) is 12.3. The Morgan fingerprint density at radius 3 is 2.48 bits per heavy atom. The highest BCUT2D eigenvalue weighted by molar-refractivity contribution is 7.89. The van der Waals surface area contributed by atoms with Crippen LogP contribution in [0.3, 0.4) is 0 Å². The number of ether oxygens (including phenoxy) is 4. The Hall–Kier alpha value is -2.82. The van der Waals surface area contributed by atoms with E-state index in [-0.39, 0.29) is 36.1 Å². The van der Waals surface area contributed by atoms with Crippen LogP contribution in [0, 0.1) is 0 Å². The molecule has 0 unspecified atom stereocenters. The Balaban J connectivity index is 1.37. The molecule has 1 N–H and O–H groups in total.